The number of para-hydroxylation sites is 1. The van der Waals surface area contributed by atoms with Crippen molar-refractivity contribution in [1.82, 2.24) is 10.2 Å². The van der Waals surface area contributed by atoms with Gasteiger partial charge in [0.25, 0.3) is 5.91 Å². The maximum Gasteiger partial charge on any atom is 0.410 e. The molecule has 3 unspecified atom stereocenters. The number of rotatable bonds is 8. The lowest BCUT2D eigenvalue weighted by Gasteiger charge is -2.36. The molecule has 0 spiro atoms. The molecule has 2 aromatic carbocycles. The minimum absolute atomic E-state index is 0.163. The highest BCUT2D eigenvalue weighted by Gasteiger charge is 2.58. The van der Waals surface area contributed by atoms with E-state index in [9.17, 15) is 14.4 Å². The second kappa shape index (κ2) is 12.0. The van der Waals surface area contributed by atoms with Crippen LogP contribution < -0.4 is 10.6 Å². The molecule has 0 aromatic heterocycles. The number of piperidine rings is 1. The van der Waals surface area contributed by atoms with E-state index in [-0.39, 0.29) is 29.2 Å². The molecule has 1 fully saturated rings. The van der Waals surface area contributed by atoms with Crippen molar-refractivity contribution < 1.29 is 28.6 Å². The lowest BCUT2D eigenvalue weighted by Crippen LogP contribution is -2.50. The first-order valence-electron chi connectivity index (χ1n) is 14.4. The number of benzene rings is 2. The van der Waals surface area contributed by atoms with Gasteiger partial charge in [-0.3, -0.25) is 4.79 Å². The molecular weight excluding hydrogens is 534 g/mol. The van der Waals surface area contributed by atoms with E-state index in [1.165, 1.54) is 7.11 Å². The summed E-state index contributed by atoms with van der Waals surface area (Å²) in [6.07, 6.45) is 4.37. The topological polar surface area (TPSA) is 106 Å². The normalized spacial score (nSPS) is 22.6. The number of amides is 2. The molecule has 2 aromatic rings. The van der Waals surface area contributed by atoms with Crippen LogP contribution in [0.15, 0.2) is 84.0 Å². The minimum Gasteiger partial charge on any atom is -0.466 e. The summed E-state index contributed by atoms with van der Waals surface area (Å²) >= 11 is 0. The molecule has 3 aliphatic heterocycles. The molecule has 2 bridgehead atoms. The first-order valence-corrected chi connectivity index (χ1v) is 14.4. The van der Waals surface area contributed by atoms with Crippen LogP contribution in [-0.2, 0) is 30.2 Å². The van der Waals surface area contributed by atoms with E-state index >= 15 is 0 Å². The van der Waals surface area contributed by atoms with E-state index in [0.29, 0.717) is 32.4 Å². The summed E-state index contributed by atoms with van der Waals surface area (Å²) in [7, 11) is 1.32. The summed E-state index contributed by atoms with van der Waals surface area (Å²) in [6.45, 7) is 6.44. The van der Waals surface area contributed by atoms with Crippen molar-refractivity contribution in [2.45, 2.75) is 69.4 Å². The van der Waals surface area contributed by atoms with Crippen LogP contribution >= 0.6 is 0 Å². The second-order valence-corrected chi connectivity index (χ2v) is 11.9. The summed E-state index contributed by atoms with van der Waals surface area (Å²) < 4.78 is 17.3. The maximum absolute atomic E-state index is 13.8. The fourth-order valence-corrected chi connectivity index (χ4v) is 5.85. The predicted octanol–water partition coefficient (Wildman–Crippen LogP) is 4.40. The van der Waals surface area contributed by atoms with Crippen molar-refractivity contribution in [3.8, 4) is 0 Å². The molecule has 9 heteroatoms. The van der Waals surface area contributed by atoms with E-state index in [0.717, 1.165) is 11.3 Å². The molecule has 3 heterocycles. The third-order valence-electron chi connectivity index (χ3n) is 7.82. The van der Waals surface area contributed by atoms with Gasteiger partial charge in [0.15, 0.2) is 0 Å². The van der Waals surface area contributed by atoms with Crippen molar-refractivity contribution in [3.05, 3.63) is 89.5 Å². The zero-order chi connectivity index (χ0) is 29.9. The Bertz CT molecular complexity index is 1320. The standard InChI is InChI=1S/C33H39N3O6/c1-32(2,3)42-31(39)36-19-16-24(17-20-36)35-29(37)27-25-15-18-33(41-25,28(27)30(38)40-4)26(21-22-11-7-5-8-12-22)34-23-13-9-6-10-14-23/h5-15,18,24-26,34H,16-17,19-21H2,1-4H3,(H,35,37). The summed E-state index contributed by atoms with van der Waals surface area (Å²) in [6, 6.07) is 19.1. The number of carbonyl (C=O) groups excluding carboxylic acids is 3. The zero-order valence-corrected chi connectivity index (χ0v) is 24.6. The molecule has 5 rings (SSSR count). The number of hydrogen-bond acceptors (Lipinski definition) is 7. The van der Waals surface area contributed by atoms with E-state index in [2.05, 4.69) is 10.6 Å². The Morgan fingerprint density at radius 3 is 2.29 bits per heavy atom. The SMILES string of the molecule is COC(=O)C1=C(C(=O)NC2CCN(C(=O)OC(C)(C)C)CC2)C2C=CC1(C(Cc1ccccc1)Nc1ccccc1)O2. The van der Waals surface area contributed by atoms with Crippen LogP contribution in [0.5, 0.6) is 0 Å². The number of nitrogens with zero attached hydrogens (tertiary/aromatic N) is 1. The average molecular weight is 574 g/mol. The number of methoxy groups -OCH3 is 1. The Balaban J connectivity index is 1.39. The highest BCUT2D eigenvalue weighted by molar-refractivity contribution is 6.07. The average Bonchev–Trinajstić information content (AvgIpc) is 3.55. The quantitative estimate of drug-likeness (QED) is 0.356. The highest BCUT2D eigenvalue weighted by atomic mass is 16.6. The van der Waals surface area contributed by atoms with E-state index in [1.807, 2.05) is 93.6 Å². The maximum atomic E-state index is 13.8. The van der Waals surface area contributed by atoms with Crippen LogP contribution in [0.4, 0.5) is 10.5 Å². The van der Waals surface area contributed by atoms with E-state index in [1.54, 1.807) is 4.90 Å². The fourth-order valence-electron chi connectivity index (χ4n) is 5.85. The van der Waals surface area contributed by atoms with Crippen molar-refractivity contribution in [1.29, 1.82) is 0 Å². The molecule has 42 heavy (non-hydrogen) atoms. The van der Waals surface area contributed by atoms with Crippen molar-refractivity contribution in [2.24, 2.45) is 0 Å². The van der Waals surface area contributed by atoms with Gasteiger partial charge >= 0.3 is 12.1 Å². The number of ether oxygens (including phenoxy) is 3. The first-order chi connectivity index (χ1) is 20.1. The Morgan fingerprint density at radius 1 is 1.02 bits per heavy atom. The van der Waals surface area contributed by atoms with Crippen molar-refractivity contribution in [2.75, 3.05) is 25.5 Å². The van der Waals surface area contributed by atoms with Crippen LogP contribution in [0.2, 0.25) is 0 Å². The van der Waals surface area contributed by atoms with Crippen molar-refractivity contribution in [3.63, 3.8) is 0 Å². The second-order valence-electron chi connectivity index (χ2n) is 11.9. The summed E-state index contributed by atoms with van der Waals surface area (Å²) in [5, 5.41) is 6.67. The Labute approximate surface area is 246 Å². The molecule has 0 radical (unpaired) electrons. The summed E-state index contributed by atoms with van der Waals surface area (Å²) in [5.41, 5.74) is 0.623. The molecular formula is C33H39N3O6. The summed E-state index contributed by atoms with van der Waals surface area (Å²) in [4.78, 5) is 41.3. The van der Waals surface area contributed by atoms with Gasteiger partial charge in [-0.1, -0.05) is 54.6 Å². The number of carbonyl (C=O) groups is 3. The zero-order valence-electron chi connectivity index (χ0n) is 24.6. The third kappa shape index (κ3) is 6.21. The van der Waals surface area contributed by atoms with Crippen LogP contribution in [0.25, 0.3) is 0 Å². The van der Waals surface area contributed by atoms with E-state index < -0.39 is 29.3 Å². The highest BCUT2D eigenvalue weighted by Crippen LogP contribution is 2.47. The van der Waals surface area contributed by atoms with Gasteiger partial charge in [-0.2, -0.15) is 0 Å². The number of anilines is 1. The molecule has 0 aliphatic carbocycles. The Kier molecular flexibility index (Phi) is 8.41. The smallest absolute Gasteiger partial charge is 0.410 e. The minimum atomic E-state index is -1.21. The lowest BCUT2D eigenvalue weighted by molar-refractivity contribution is -0.138. The van der Waals surface area contributed by atoms with Gasteiger partial charge in [-0.15, -0.1) is 0 Å². The molecule has 1 saturated heterocycles. The molecule has 0 saturated carbocycles. The number of likely N-dealkylation sites (tertiary alicyclic amines) is 1. The largest absolute Gasteiger partial charge is 0.466 e. The third-order valence-corrected chi connectivity index (χ3v) is 7.82. The summed E-state index contributed by atoms with van der Waals surface area (Å²) in [5.74, 6) is -0.958. The molecule has 2 N–H and O–H groups in total. The molecule has 3 aliphatic rings. The first kappa shape index (κ1) is 29.4. The van der Waals surface area contributed by atoms with Gasteiger partial charge in [0.1, 0.15) is 17.3 Å². The number of esters is 1. The van der Waals surface area contributed by atoms with Gasteiger partial charge in [0, 0.05) is 24.8 Å². The number of nitrogens with one attached hydrogen (secondary N) is 2. The van der Waals surface area contributed by atoms with Crippen molar-refractivity contribution >= 4 is 23.7 Å². The Morgan fingerprint density at radius 2 is 1.67 bits per heavy atom. The predicted molar refractivity (Wildman–Crippen MR) is 159 cm³/mol. The van der Waals surface area contributed by atoms with Gasteiger partial charge in [-0.25, -0.2) is 9.59 Å². The van der Waals surface area contributed by atoms with Crippen LogP contribution in [0.1, 0.15) is 39.2 Å². The monoisotopic (exact) mass is 573 g/mol. The van der Waals surface area contributed by atoms with E-state index in [4.69, 9.17) is 14.2 Å². The molecule has 2 amide bonds. The Hall–Kier alpha value is -4.11. The van der Waals surface area contributed by atoms with Gasteiger partial charge in [0.2, 0.25) is 0 Å². The fraction of sp³-hybridized carbons (Fsp3) is 0.424. The molecule has 3 atom stereocenters. The van der Waals surface area contributed by atoms with Crippen LogP contribution in [-0.4, -0.2) is 72.5 Å². The molecule has 9 nitrogen and oxygen atoms in total. The lowest BCUT2D eigenvalue weighted by atomic mass is 9.78. The van der Waals surface area contributed by atoms with Crippen LogP contribution in [0.3, 0.4) is 0 Å². The van der Waals surface area contributed by atoms with Crippen LogP contribution in [0, 0.1) is 0 Å². The number of fused-ring (bicyclic) bond motifs is 2. The number of hydrogen-bond donors (Lipinski definition) is 2. The van der Waals surface area contributed by atoms with Gasteiger partial charge < -0.3 is 29.7 Å². The molecule has 222 valence electrons. The van der Waals surface area contributed by atoms with Gasteiger partial charge in [-0.05, 0) is 63.8 Å². The van der Waals surface area contributed by atoms with Gasteiger partial charge in [0.05, 0.1) is 24.3 Å².